The molecule has 0 unspecified atom stereocenters. The van der Waals surface area contributed by atoms with E-state index in [4.69, 9.17) is 14.6 Å². The van der Waals surface area contributed by atoms with E-state index in [1.165, 1.54) is 64.2 Å². The summed E-state index contributed by atoms with van der Waals surface area (Å²) in [6.07, 6.45) is 23.6. The zero-order valence-electron chi connectivity index (χ0n) is 18.4. The van der Waals surface area contributed by atoms with Crippen LogP contribution in [0.1, 0.15) is 117 Å². The van der Waals surface area contributed by atoms with Crippen LogP contribution in [0.15, 0.2) is 12.2 Å². The molecule has 0 aromatic carbocycles. The molecule has 0 radical (unpaired) electrons. The van der Waals surface area contributed by atoms with Gasteiger partial charge in [0, 0.05) is 19.8 Å². The lowest BCUT2D eigenvalue weighted by molar-refractivity contribution is -0.147. The Hall–Kier alpha value is -0.380. The van der Waals surface area contributed by atoms with Gasteiger partial charge in [0.2, 0.25) is 0 Å². The van der Waals surface area contributed by atoms with Gasteiger partial charge in [0.25, 0.3) is 0 Å². The second kappa shape index (κ2) is 23.7. The van der Waals surface area contributed by atoms with Crippen LogP contribution < -0.4 is 0 Å². The minimum Gasteiger partial charge on any atom is -0.396 e. The smallest absolute Gasteiger partial charge is 0.157 e. The summed E-state index contributed by atoms with van der Waals surface area (Å²) in [6.45, 7) is 6.41. The lowest BCUT2D eigenvalue weighted by atomic mass is 10.1. The molecule has 0 saturated carbocycles. The highest BCUT2D eigenvalue weighted by molar-refractivity contribution is 4.81. The molecule has 3 nitrogen and oxygen atoms in total. The molecule has 162 valence electrons. The Balaban J connectivity index is 3.84. The monoisotopic (exact) mass is 384 g/mol. The first kappa shape index (κ1) is 26.6. The molecule has 0 heterocycles. The van der Waals surface area contributed by atoms with Crippen molar-refractivity contribution in [3.05, 3.63) is 12.2 Å². The minimum atomic E-state index is -0.0393. The summed E-state index contributed by atoms with van der Waals surface area (Å²) in [7, 11) is 0. The standard InChI is InChI=1S/C24H48O3/c1-3-5-7-9-14-18-22-26-24(20-16-12-11-13-17-21-25)27-23-19-15-10-8-6-4-2/h11,13,24-25H,3-10,12,14-23H2,1-2H3/b13-11+. The molecule has 27 heavy (non-hydrogen) atoms. The maximum Gasteiger partial charge on any atom is 0.157 e. The second-order valence-corrected chi connectivity index (χ2v) is 7.62. The Morgan fingerprint density at radius 3 is 1.63 bits per heavy atom. The largest absolute Gasteiger partial charge is 0.396 e. The number of unbranched alkanes of at least 4 members (excludes halogenated alkanes) is 11. The fraction of sp³-hybridized carbons (Fsp3) is 0.917. The summed E-state index contributed by atoms with van der Waals surface area (Å²) in [5, 5.41) is 8.80. The average Bonchev–Trinajstić information content (AvgIpc) is 2.68. The molecule has 0 aromatic heterocycles. The van der Waals surface area contributed by atoms with Gasteiger partial charge < -0.3 is 14.6 Å². The number of aliphatic hydroxyl groups excluding tert-OH is 1. The lowest BCUT2D eigenvalue weighted by Crippen LogP contribution is -2.19. The summed E-state index contributed by atoms with van der Waals surface area (Å²) >= 11 is 0. The van der Waals surface area contributed by atoms with E-state index in [1.54, 1.807) is 0 Å². The van der Waals surface area contributed by atoms with Crippen molar-refractivity contribution >= 4 is 0 Å². The molecule has 1 N–H and O–H groups in total. The van der Waals surface area contributed by atoms with Gasteiger partial charge >= 0.3 is 0 Å². The number of allylic oxidation sites excluding steroid dienone is 1. The topological polar surface area (TPSA) is 38.7 Å². The van der Waals surface area contributed by atoms with Crippen molar-refractivity contribution in [3.8, 4) is 0 Å². The lowest BCUT2D eigenvalue weighted by Gasteiger charge is -2.18. The van der Waals surface area contributed by atoms with Crippen molar-refractivity contribution in [2.24, 2.45) is 0 Å². The molecule has 0 fully saturated rings. The number of aliphatic hydroxyl groups is 1. The summed E-state index contributed by atoms with van der Waals surface area (Å²) in [5.41, 5.74) is 0. The van der Waals surface area contributed by atoms with Crippen LogP contribution in [0.5, 0.6) is 0 Å². The zero-order chi connectivity index (χ0) is 19.8. The predicted octanol–water partition coefficient (Wildman–Crippen LogP) is 7.18. The quantitative estimate of drug-likeness (QED) is 0.122. The van der Waals surface area contributed by atoms with Crippen molar-refractivity contribution in [2.75, 3.05) is 19.8 Å². The van der Waals surface area contributed by atoms with E-state index in [1.807, 2.05) is 0 Å². The molecule has 0 amide bonds. The van der Waals surface area contributed by atoms with Crippen molar-refractivity contribution < 1.29 is 14.6 Å². The Labute approximate surface area is 169 Å². The average molecular weight is 385 g/mol. The van der Waals surface area contributed by atoms with Crippen LogP contribution in [0.25, 0.3) is 0 Å². The highest BCUT2D eigenvalue weighted by atomic mass is 16.7. The first-order valence-corrected chi connectivity index (χ1v) is 11.8. The third kappa shape index (κ3) is 21.8. The third-order valence-electron chi connectivity index (χ3n) is 4.88. The highest BCUT2D eigenvalue weighted by Gasteiger charge is 2.08. The Kier molecular flexibility index (Phi) is 23.3. The van der Waals surface area contributed by atoms with E-state index >= 15 is 0 Å². The predicted molar refractivity (Wildman–Crippen MR) is 117 cm³/mol. The maximum atomic E-state index is 8.80. The Morgan fingerprint density at radius 2 is 1.11 bits per heavy atom. The molecular formula is C24H48O3. The van der Waals surface area contributed by atoms with E-state index < -0.39 is 0 Å². The molecule has 0 spiro atoms. The highest BCUT2D eigenvalue weighted by Crippen LogP contribution is 2.12. The molecule has 0 saturated heterocycles. The maximum absolute atomic E-state index is 8.80. The van der Waals surface area contributed by atoms with E-state index in [-0.39, 0.29) is 12.9 Å². The number of ether oxygens (including phenoxy) is 2. The fourth-order valence-corrected chi connectivity index (χ4v) is 3.12. The van der Waals surface area contributed by atoms with Crippen LogP contribution in [-0.2, 0) is 9.47 Å². The number of hydrogen-bond acceptors (Lipinski definition) is 3. The number of hydrogen-bond donors (Lipinski definition) is 1. The van der Waals surface area contributed by atoms with Gasteiger partial charge in [-0.1, -0.05) is 90.2 Å². The SMILES string of the molecule is CCCCCCCCOC(CCC/C=C/CCO)OCCCCCCCC. The number of rotatable bonds is 22. The van der Waals surface area contributed by atoms with Crippen LogP contribution in [0.2, 0.25) is 0 Å². The van der Waals surface area contributed by atoms with E-state index in [2.05, 4.69) is 26.0 Å². The first-order valence-electron chi connectivity index (χ1n) is 11.8. The van der Waals surface area contributed by atoms with Gasteiger partial charge in [-0.15, -0.1) is 0 Å². The van der Waals surface area contributed by atoms with Gasteiger partial charge in [-0.3, -0.25) is 0 Å². The van der Waals surface area contributed by atoms with E-state index in [9.17, 15) is 0 Å². The van der Waals surface area contributed by atoms with Gasteiger partial charge in [0.1, 0.15) is 0 Å². The molecule has 0 aromatic rings. The Bertz CT molecular complexity index is 273. The first-order chi connectivity index (χ1) is 13.3. The second-order valence-electron chi connectivity index (χ2n) is 7.62. The van der Waals surface area contributed by atoms with Gasteiger partial charge in [0.05, 0.1) is 0 Å². The molecule has 0 aliphatic carbocycles. The Morgan fingerprint density at radius 1 is 0.630 bits per heavy atom. The summed E-state index contributed by atoms with van der Waals surface area (Å²) in [6, 6.07) is 0. The zero-order valence-corrected chi connectivity index (χ0v) is 18.4. The van der Waals surface area contributed by atoms with Gasteiger partial charge in [0.15, 0.2) is 6.29 Å². The molecule has 0 aliphatic heterocycles. The van der Waals surface area contributed by atoms with Gasteiger partial charge in [-0.2, -0.15) is 0 Å². The van der Waals surface area contributed by atoms with Crippen LogP contribution in [-0.4, -0.2) is 31.2 Å². The van der Waals surface area contributed by atoms with Crippen molar-refractivity contribution in [2.45, 2.75) is 123 Å². The molecule has 0 atom stereocenters. The van der Waals surface area contributed by atoms with Crippen LogP contribution >= 0.6 is 0 Å². The molecule has 0 bridgehead atoms. The van der Waals surface area contributed by atoms with Crippen LogP contribution in [0.3, 0.4) is 0 Å². The summed E-state index contributed by atoms with van der Waals surface area (Å²) < 4.78 is 12.1. The van der Waals surface area contributed by atoms with Crippen molar-refractivity contribution in [3.63, 3.8) is 0 Å². The fourth-order valence-electron chi connectivity index (χ4n) is 3.12. The van der Waals surface area contributed by atoms with Crippen molar-refractivity contribution in [1.29, 1.82) is 0 Å². The van der Waals surface area contributed by atoms with Crippen LogP contribution in [0, 0.1) is 0 Å². The normalized spacial score (nSPS) is 11.9. The molecule has 3 heteroatoms. The van der Waals surface area contributed by atoms with E-state index in [0.29, 0.717) is 0 Å². The molecule has 0 aliphatic rings. The van der Waals surface area contributed by atoms with Crippen LogP contribution in [0.4, 0.5) is 0 Å². The minimum absolute atomic E-state index is 0.0393. The molecule has 0 rings (SSSR count). The van der Waals surface area contributed by atoms with Crippen molar-refractivity contribution in [1.82, 2.24) is 0 Å². The summed E-state index contributed by atoms with van der Waals surface area (Å²) in [4.78, 5) is 0. The van der Waals surface area contributed by atoms with E-state index in [0.717, 1.165) is 51.7 Å². The van der Waals surface area contributed by atoms with Gasteiger partial charge in [-0.05, 0) is 38.5 Å². The third-order valence-corrected chi connectivity index (χ3v) is 4.88. The van der Waals surface area contributed by atoms with Gasteiger partial charge in [-0.25, -0.2) is 0 Å². The summed E-state index contributed by atoms with van der Waals surface area (Å²) in [5.74, 6) is 0. The molecular weight excluding hydrogens is 336 g/mol.